The Morgan fingerprint density at radius 2 is 2.15 bits per heavy atom. The van der Waals surface area contributed by atoms with E-state index in [1.807, 2.05) is 18.5 Å². The third kappa shape index (κ3) is 3.62. The van der Waals surface area contributed by atoms with Gasteiger partial charge in [0.05, 0.1) is 4.90 Å². The normalized spacial score (nSPS) is 22.1. The number of nitrogens with zero attached hydrogens (tertiary/aromatic N) is 1. The minimum atomic E-state index is -3.37. The van der Waals surface area contributed by atoms with Crippen LogP contribution in [0.1, 0.15) is 38.8 Å². The number of hydrogen-bond acceptors (Lipinski definition) is 3. The zero-order chi connectivity index (χ0) is 14.8. The first kappa shape index (κ1) is 15.5. The molecule has 1 aliphatic rings. The van der Waals surface area contributed by atoms with Crippen LogP contribution in [0.2, 0.25) is 0 Å². The van der Waals surface area contributed by atoms with E-state index in [0.29, 0.717) is 17.4 Å². The molecule has 2 N–H and O–H groups in total. The van der Waals surface area contributed by atoms with Gasteiger partial charge in [0.1, 0.15) is 0 Å². The summed E-state index contributed by atoms with van der Waals surface area (Å²) < 4.78 is 29.3. The molecule has 114 valence electrons. The van der Waals surface area contributed by atoms with Crippen LogP contribution in [0.3, 0.4) is 0 Å². The van der Waals surface area contributed by atoms with Crippen molar-refractivity contribution in [1.29, 1.82) is 0 Å². The van der Waals surface area contributed by atoms with Crippen LogP contribution in [-0.4, -0.2) is 25.6 Å². The lowest BCUT2D eigenvalue weighted by Gasteiger charge is -2.03. The molecule has 2 rings (SSSR count). The number of hydrogen-bond donors (Lipinski definition) is 2. The summed E-state index contributed by atoms with van der Waals surface area (Å²) in [5, 5.41) is 3.21. The Bertz CT molecular complexity index is 551. The molecule has 2 atom stereocenters. The van der Waals surface area contributed by atoms with Crippen LogP contribution in [0.15, 0.2) is 17.2 Å². The van der Waals surface area contributed by atoms with Gasteiger partial charge in [0.25, 0.3) is 0 Å². The topological polar surface area (TPSA) is 63.1 Å². The van der Waals surface area contributed by atoms with Crippen molar-refractivity contribution in [2.45, 2.75) is 50.6 Å². The van der Waals surface area contributed by atoms with E-state index in [4.69, 9.17) is 0 Å². The molecule has 5 nitrogen and oxygen atoms in total. The summed E-state index contributed by atoms with van der Waals surface area (Å²) in [6, 6.07) is 1.89. The lowest BCUT2D eigenvalue weighted by Crippen LogP contribution is -2.26. The van der Waals surface area contributed by atoms with Gasteiger partial charge >= 0.3 is 0 Å². The highest BCUT2D eigenvalue weighted by molar-refractivity contribution is 7.89. The average Bonchev–Trinajstić information content (AvgIpc) is 2.97. The van der Waals surface area contributed by atoms with Gasteiger partial charge in [0, 0.05) is 31.5 Å². The molecule has 0 amide bonds. The molecule has 0 bridgehead atoms. The Morgan fingerprint density at radius 3 is 2.80 bits per heavy atom. The molecule has 0 aliphatic heterocycles. The molecule has 6 heteroatoms. The van der Waals surface area contributed by atoms with Crippen LogP contribution in [-0.2, 0) is 23.6 Å². The van der Waals surface area contributed by atoms with E-state index < -0.39 is 10.0 Å². The van der Waals surface area contributed by atoms with Crippen molar-refractivity contribution in [1.82, 2.24) is 14.6 Å². The highest BCUT2D eigenvalue weighted by atomic mass is 32.2. The largest absolute Gasteiger partial charge is 0.352 e. The lowest BCUT2D eigenvalue weighted by molar-refractivity contribution is 0.573. The Labute approximate surface area is 121 Å². The second-order valence-corrected chi connectivity index (χ2v) is 7.28. The first-order valence-electron chi connectivity index (χ1n) is 7.36. The van der Waals surface area contributed by atoms with Gasteiger partial charge in [0.2, 0.25) is 10.0 Å². The van der Waals surface area contributed by atoms with E-state index in [1.54, 1.807) is 12.3 Å². The summed E-state index contributed by atoms with van der Waals surface area (Å²) in [6.07, 6.45) is 4.88. The maximum Gasteiger partial charge on any atom is 0.242 e. The van der Waals surface area contributed by atoms with Gasteiger partial charge in [-0.15, -0.1) is 0 Å². The van der Waals surface area contributed by atoms with Gasteiger partial charge in [-0.05, 0) is 31.4 Å². The second kappa shape index (κ2) is 6.28. The zero-order valence-corrected chi connectivity index (χ0v) is 13.3. The molecule has 2 unspecified atom stereocenters. The smallest absolute Gasteiger partial charge is 0.242 e. The Balaban J connectivity index is 2.03. The molecular formula is C14H25N3O2S. The minimum absolute atomic E-state index is 0.136. The molecular weight excluding hydrogens is 274 g/mol. The monoisotopic (exact) mass is 299 g/mol. The van der Waals surface area contributed by atoms with E-state index in [0.717, 1.165) is 31.5 Å². The molecule has 0 spiro atoms. The SMILES string of the molecule is CCCC1CC1NS(=O)(=O)c1cc(CNCC)n(C)c1. The van der Waals surface area contributed by atoms with Crippen molar-refractivity contribution in [2.24, 2.45) is 13.0 Å². The Kier molecular flexibility index (Phi) is 4.88. The number of rotatable bonds is 8. The van der Waals surface area contributed by atoms with Crippen LogP contribution in [0.4, 0.5) is 0 Å². The maximum absolute atomic E-state index is 12.3. The van der Waals surface area contributed by atoms with Crippen LogP contribution in [0.5, 0.6) is 0 Å². The quantitative estimate of drug-likeness (QED) is 0.766. The standard InChI is InChI=1S/C14H25N3O2S/c1-4-6-11-7-14(11)16-20(18,19)13-8-12(9-15-5-2)17(3)10-13/h8,10-11,14-16H,4-7,9H2,1-3H3. The second-order valence-electron chi connectivity index (χ2n) is 5.57. The van der Waals surface area contributed by atoms with Gasteiger partial charge < -0.3 is 9.88 Å². The van der Waals surface area contributed by atoms with Crippen LogP contribution < -0.4 is 10.0 Å². The van der Waals surface area contributed by atoms with E-state index >= 15 is 0 Å². The summed E-state index contributed by atoms with van der Waals surface area (Å²) in [5.74, 6) is 0.528. The van der Waals surface area contributed by atoms with E-state index in [1.165, 1.54) is 0 Å². The third-order valence-corrected chi connectivity index (χ3v) is 5.29. The number of sulfonamides is 1. The fraction of sp³-hybridized carbons (Fsp3) is 0.714. The first-order chi connectivity index (χ1) is 9.47. The summed E-state index contributed by atoms with van der Waals surface area (Å²) in [5.41, 5.74) is 0.980. The lowest BCUT2D eigenvalue weighted by atomic mass is 10.2. The van der Waals surface area contributed by atoms with Crippen molar-refractivity contribution >= 4 is 10.0 Å². The molecule has 20 heavy (non-hydrogen) atoms. The number of aryl methyl sites for hydroxylation is 1. The highest BCUT2D eigenvalue weighted by Gasteiger charge is 2.39. The molecule has 0 aromatic carbocycles. The van der Waals surface area contributed by atoms with Crippen molar-refractivity contribution in [2.75, 3.05) is 6.54 Å². The number of nitrogens with one attached hydrogen (secondary N) is 2. The van der Waals surface area contributed by atoms with Gasteiger partial charge in [-0.2, -0.15) is 0 Å². The molecule has 0 saturated heterocycles. The molecule has 1 saturated carbocycles. The molecule has 1 aromatic heterocycles. The van der Waals surface area contributed by atoms with Crippen LogP contribution in [0, 0.1) is 5.92 Å². The fourth-order valence-corrected chi connectivity index (χ4v) is 3.91. The maximum atomic E-state index is 12.3. The average molecular weight is 299 g/mol. The van der Waals surface area contributed by atoms with Crippen LogP contribution in [0.25, 0.3) is 0 Å². The predicted octanol–water partition coefficient (Wildman–Crippen LogP) is 1.60. The molecule has 1 aromatic rings. The van der Waals surface area contributed by atoms with Crippen molar-refractivity contribution in [3.05, 3.63) is 18.0 Å². The van der Waals surface area contributed by atoms with Crippen molar-refractivity contribution in [3.63, 3.8) is 0 Å². The summed E-state index contributed by atoms with van der Waals surface area (Å²) in [7, 11) is -1.50. The Morgan fingerprint density at radius 1 is 1.40 bits per heavy atom. The summed E-state index contributed by atoms with van der Waals surface area (Å²) in [4.78, 5) is 0.370. The van der Waals surface area contributed by atoms with Gasteiger partial charge in [-0.3, -0.25) is 0 Å². The van der Waals surface area contributed by atoms with E-state index in [-0.39, 0.29) is 6.04 Å². The van der Waals surface area contributed by atoms with Gasteiger partial charge in [0.15, 0.2) is 0 Å². The van der Waals surface area contributed by atoms with E-state index in [2.05, 4.69) is 17.0 Å². The summed E-state index contributed by atoms with van der Waals surface area (Å²) in [6.45, 7) is 5.72. The Hall–Kier alpha value is -0.850. The van der Waals surface area contributed by atoms with Gasteiger partial charge in [-0.25, -0.2) is 13.1 Å². The molecule has 1 fully saturated rings. The van der Waals surface area contributed by atoms with E-state index in [9.17, 15) is 8.42 Å². The molecule has 1 aliphatic carbocycles. The number of aromatic nitrogens is 1. The minimum Gasteiger partial charge on any atom is -0.352 e. The third-order valence-electron chi connectivity index (χ3n) is 3.84. The highest BCUT2D eigenvalue weighted by Crippen LogP contribution is 2.35. The van der Waals surface area contributed by atoms with Crippen molar-refractivity contribution in [3.8, 4) is 0 Å². The predicted molar refractivity (Wildman–Crippen MR) is 79.9 cm³/mol. The fourth-order valence-electron chi connectivity index (χ4n) is 2.50. The van der Waals surface area contributed by atoms with Gasteiger partial charge in [-0.1, -0.05) is 20.3 Å². The molecule has 1 heterocycles. The van der Waals surface area contributed by atoms with Crippen LogP contribution >= 0.6 is 0 Å². The van der Waals surface area contributed by atoms with Crippen molar-refractivity contribution < 1.29 is 8.42 Å². The first-order valence-corrected chi connectivity index (χ1v) is 8.84. The summed E-state index contributed by atoms with van der Waals surface area (Å²) >= 11 is 0. The zero-order valence-electron chi connectivity index (χ0n) is 12.5. The molecule has 0 radical (unpaired) electrons.